The Labute approximate surface area is 115 Å². The van der Waals surface area contributed by atoms with E-state index in [1.165, 1.54) is 17.1 Å². The summed E-state index contributed by atoms with van der Waals surface area (Å²) in [5.74, 6) is -0.591. The molecular formula is C13H15N3O2S. The maximum atomic E-state index is 11.0. The molecule has 6 heteroatoms. The summed E-state index contributed by atoms with van der Waals surface area (Å²) in [5.41, 5.74) is 0.0156. The molecule has 2 aromatic rings. The molecule has 0 amide bonds. The van der Waals surface area contributed by atoms with Crippen molar-refractivity contribution in [1.82, 2.24) is 9.97 Å². The fraction of sp³-hybridized carbons (Fsp3) is 0.308. The lowest BCUT2D eigenvalue weighted by Gasteiger charge is -2.26. The summed E-state index contributed by atoms with van der Waals surface area (Å²) in [6.07, 6.45) is 1.48. The van der Waals surface area contributed by atoms with Crippen molar-refractivity contribution in [1.29, 1.82) is 0 Å². The van der Waals surface area contributed by atoms with E-state index >= 15 is 0 Å². The summed E-state index contributed by atoms with van der Waals surface area (Å²) < 4.78 is 0. The van der Waals surface area contributed by atoms with Gasteiger partial charge < -0.3 is 10.0 Å². The minimum atomic E-state index is -1.04. The van der Waals surface area contributed by atoms with Crippen LogP contribution in [0.2, 0.25) is 0 Å². The number of aromatic carboxylic acids is 1. The largest absolute Gasteiger partial charge is 0.477 e. The van der Waals surface area contributed by atoms with Gasteiger partial charge in [0, 0.05) is 17.1 Å². The van der Waals surface area contributed by atoms with Crippen LogP contribution in [0.15, 0.2) is 29.8 Å². The Balaban J connectivity index is 2.28. The van der Waals surface area contributed by atoms with Gasteiger partial charge in [-0.3, -0.25) is 0 Å². The fourth-order valence-corrected chi connectivity index (χ4v) is 2.36. The average Bonchev–Trinajstić information content (AvgIpc) is 2.88. The van der Waals surface area contributed by atoms with Crippen molar-refractivity contribution < 1.29 is 9.90 Å². The maximum absolute atomic E-state index is 11.0. The Morgan fingerprint density at radius 1 is 1.47 bits per heavy atom. The van der Waals surface area contributed by atoms with Gasteiger partial charge in [0.05, 0.1) is 6.54 Å². The van der Waals surface area contributed by atoms with Gasteiger partial charge in [0.1, 0.15) is 0 Å². The number of rotatable bonds is 5. The lowest BCUT2D eigenvalue weighted by molar-refractivity contribution is 0.0690. The van der Waals surface area contributed by atoms with E-state index in [0.29, 0.717) is 12.5 Å². The molecule has 100 valence electrons. The Morgan fingerprint density at radius 3 is 2.84 bits per heavy atom. The van der Waals surface area contributed by atoms with E-state index < -0.39 is 5.97 Å². The number of carboxylic acid groups (broad SMARTS) is 1. The molecule has 1 N–H and O–H groups in total. The number of nitrogens with zero attached hydrogens (tertiary/aromatic N) is 3. The quantitative estimate of drug-likeness (QED) is 0.910. The smallest absolute Gasteiger partial charge is 0.354 e. The highest BCUT2D eigenvalue weighted by Crippen LogP contribution is 2.18. The van der Waals surface area contributed by atoms with E-state index in [9.17, 15) is 4.79 Å². The highest BCUT2D eigenvalue weighted by molar-refractivity contribution is 7.09. The van der Waals surface area contributed by atoms with Crippen LogP contribution in [0.4, 0.5) is 5.95 Å². The van der Waals surface area contributed by atoms with Gasteiger partial charge in [-0.15, -0.1) is 11.3 Å². The summed E-state index contributed by atoms with van der Waals surface area (Å²) in [6.45, 7) is 4.74. The zero-order chi connectivity index (χ0) is 13.8. The fourth-order valence-electron chi connectivity index (χ4n) is 1.66. The van der Waals surface area contributed by atoms with Crippen molar-refractivity contribution >= 4 is 23.3 Å². The Bertz CT molecular complexity index is 555. The number of thiophene rings is 1. The standard InChI is InChI=1S/C13H15N3O2S/c1-9(2)16(8-10-4-3-7-19-10)13-14-6-5-11(15-13)12(17)18/h3-7,9H,8H2,1-2H3,(H,17,18). The molecule has 0 unspecified atom stereocenters. The highest BCUT2D eigenvalue weighted by atomic mass is 32.1. The highest BCUT2D eigenvalue weighted by Gasteiger charge is 2.16. The first-order valence-electron chi connectivity index (χ1n) is 5.93. The summed E-state index contributed by atoms with van der Waals surface area (Å²) in [6, 6.07) is 5.62. The van der Waals surface area contributed by atoms with Crippen LogP contribution in [0.3, 0.4) is 0 Å². The molecule has 5 nitrogen and oxygen atoms in total. The van der Waals surface area contributed by atoms with Crippen molar-refractivity contribution in [2.75, 3.05) is 4.90 Å². The van der Waals surface area contributed by atoms with Crippen LogP contribution in [0.1, 0.15) is 29.2 Å². The molecule has 2 heterocycles. The van der Waals surface area contributed by atoms with E-state index in [4.69, 9.17) is 5.11 Å². The lowest BCUT2D eigenvalue weighted by Crippen LogP contribution is -2.31. The monoisotopic (exact) mass is 277 g/mol. The van der Waals surface area contributed by atoms with Crippen molar-refractivity contribution in [3.63, 3.8) is 0 Å². The van der Waals surface area contributed by atoms with Gasteiger partial charge in [-0.1, -0.05) is 6.07 Å². The second-order valence-corrected chi connectivity index (χ2v) is 5.38. The second kappa shape index (κ2) is 5.79. The lowest BCUT2D eigenvalue weighted by atomic mass is 10.3. The first kappa shape index (κ1) is 13.5. The average molecular weight is 277 g/mol. The molecule has 2 rings (SSSR count). The van der Waals surface area contributed by atoms with Crippen LogP contribution in [-0.2, 0) is 6.54 Å². The summed E-state index contributed by atoms with van der Waals surface area (Å²) in [4.78, 5) is 22.4. The van der Waals surface area contributed by atoms with Crippen LogP contribution in [0, 0.1) is 0 Å². The minimum Gasteiger partial charge on any atom is -0.477 e. The number of hydrogen-bond acceptors (Lipinski definition) is 5. The zero-order valence-corrected chi connectivity index (χ0v) is 11.6. The minimum absolute atomic E-state index is 0.0156. The van der Waals surface area contributed by atoms with E-state index in [2.05, 4.69) is 9.97 Å². The molecule has 0 fully saturated rings. The van der Waals surface area contributed by atoms with Gasteiger partial charge in [-0.25, -0.2) is 14.8 Å². The third kappa shape index (κ3) is 3.29. The van der Waals surface area contributed by atoms with Gasteiger partial charge in [-0.05, 0) is 31.4 Å². The van der Waals surface area contributed by atoms with E-state index in [-0.39, 0.29) is 11.7 Å². The first-order chi connectivity index (χ1) is 9.08. The molecule has 19 heavy (non-hydrogen) atoms. The number of carboxylic acids is 1. The van der Waals surface area contributed by atoms with E-state index in [0.717, 1.165) is 0 Å². The van der Waals surface area contributed by atoms with Crippen molar-refractivity contribution in [2.24, 2.45) is 0 Å². The molecule has 0 radical (unpaired) electrons. The van der Waals surface area contributed by atoms with Gasteiger partial charge in [0.2, 0.25) is 5.95 Å². The van der Waals surface area contributed by atoms with Gasteiger partial charge in [-0.2, -0.15) is 0 Å². The number of hydrogen-bond donors (Lipinski definition) is 1. The van der Waals surface area contributed by atoms with Crippen molar-refractivity contribution in [2.45, 2.75) is 26.4 Å². The Kier molecular flexibility index (Phi) is 4.11. The Morgan fingerprint density at radius 2 is 2.26 bits per heavy atom. The molecule has 0 atom stereocenters. The molecule has 0 saturated heterocycles. The summed E-state index contributed by atoms with van der Waals surface area (Å²) in [7, 11) is 0. The first-order valence-corrected chi connectivity index (χ1v) is 6.81. The molecule has 0 aliphatic heterocycles. The summed E-state index contributed by atoms with van der Waals surface area (Å²) in [5, 5.41) is 11.0. The second-order valence-electron chi connectivity index (χ2n) is 4.35. The van der Waals surface area contributed by atoms with Gasteiger partial charge >= 0.3 is 5.97 Å². The predicted octanol–water partition coefficient (Wildman–Crippen LogP) is 2.65. The van der Waals surface area contributed by atoms with Gasteiger partial charge in [0.15, 0.2) is 5.69 Å². The summed E-state index contributed by atoms with van der Waals surface area (Å²) >= 11 is 1.66. The Hall–Kier alpha value is -1.95. The molecule has 0 spiro atoms. The molecule has 0 aromatic carbocycles. The van der Waals surface area contributed by atoms with E-state index in [1.54, 1.807) is 11.3 Å². The van der Waals surface area contributed by atoms with Gasteiger partial charge in [0.25, 0.3) is 0 Å². The number of anilines is 1. The molecule has 0 aliphatic rings. The van der Waals surface area contributed by atoms with Crippen LogP contribution >= 0.6 is 11.3 Å². The van der Waals surface area contributed by atoms with Crippen LogP contribution in [0.25, 0.3) is 0 Å². The molecule has 0 saturated carbocycles. The van der Waals surface area contributed by atoms with Crippen LogP contribution in [-0.4, -0.2) is 27.1 Å². The molecule has 0 aliphatic carbocycles. The van der Waals surface area contributed by atoms with Crippen LogP contribution < -0.4 is 4.90 Å². The topological polar surface area (TPSA) is 66.3 Å². The maximum Gasteiger partial charge on any atom is 0.354 e. The molecular weight excluding hydrogens is 262 g/mol. The van der Waals surface area contributed by atoms with Crippen molar-refractivity contribution in [3.05, 3.63) is 40.3 Å². The number of aromatic nitrogens is 2. The SMILES string of the molecule is CC(C)N(Cc1cccs1)c1nccc(C(=O)O)n1. The molecule has 0 bridgehead atoms. The third-order valence-corrected chi connectivity index (χ3v) is 3.51. The number of carbonyl (C=O) groups is 1. The normalized spacial score (nSPS) is 10.7. The molecule has 2 aromatic heterocycles. The van der Waals surface area contributed by atoms with E-state index in [1.807, 2.05) is 36.3 Å². The van der Waals surface area contributed by atoms with Crippen LogP contribution in [0.5, 0.6) is 0 Å². The third-order valence-electron chi connectivity index (χ3n) is 2.65. The van der Waals surface area contributed by atoms with Crippen molar-refractivity contribution in [3.8, 4) is 0 Å². The zero-order valence-electron chi connectivity index (χ0n) is 10.8. The predicted molar refractivity (Wildman–Crippen MR) is 74.6 cm³/mol.